The zero-order chi connectivity index (χ0) is 15.9. The monoisotopic (exact) mass is 337 g/mol. The van der Waals surface area contributed by atoms with Gasteiger partial charge in [-0.05, 0) is 44.6 Å². The minimum absolute atomic E-state index is 0. The smallest absolute Gasteiger partial charge is 0.222 e. The molecule has 6 nitrogen and oxygen atoms in total. The number of hydrogen-bond donors (Lipinski definition) is 1. The highest BCUT2D eigenvalue weighted by Gasteiger charge is 2.16. The van der Waals surface area contributed by atoms with Crippen molar-refractivity contribution in [2.24, 2.45) is 0 Å². The first kappa shape index (κ1) is 19.1. The van der Waals surface area contributed by atoms with Gasteiger partial charge < -0.3 is 10.2 Å². The van der Waals surface area contributed by atoms with E-state index in [1.807, 2.05) is 45.3 Å². The lowest BCUT2D eigenvalue weighted by Gasteiger charge is -2.25. The van der Waals surface area contributed by atoms with Crippen molar-refractivity contribution in [2.45, 2.75) is 25.8 Å². The second kappa shape index (κ2) is 9.27. The summed E-state index contributed by atoms with van der Waals surface area (Å²) in [6.07, 6.45) is 4.60. The maximum absolute atomic E-state index is 12.2. The molecule has 1 unspecified atom stereocenters. The molecule has 0 aliphatic rings. The van der Waals surface area contributed by atoms with E-state index in [0.29, 0.717) is 6.42 Å². The molecular formula is C16H24ClN5O. The number of carbonyl (C=O) groups is 1. The summed E-state index contributed by atoms with van der Waals surface area (Å²) >= 11 is 0. The number of aromatic nitrogens is 3. The third kappa shape index (κ3) is 5.04. The van der Waals surface area contributed by atoms with Gasteiger partial charge in [0, 0.05) is 13.5 Å². The third-order valence-electron chi connectivity index (χ3n) is 3.85. The highest BCUT2D eigenvalue weighted by atomic mass is 35.5. The van der Waals surface area contributed by atoms with E-state index >= 15 is 0 Å². The number of carbonyl (C=O) groups excluding carboxylic acids is 1. The molecule has 1 N–H and O–H groups in total. The molecule has 1 aromatic heterocycles. The van der Waals surface area contributed by atoms with Gasteiger partial charge in [0.05, 0.1) is 11.7 Å². The van der Waals surface area contributed by atoms with Crippen molar-refractivity contribution < 1.29 is 4.79 Å². The van der Waals surface area contributed by atoms with E-state index in [2.05, 4.69) is 15.4 Å². The molecule has 0 aliphatic carbocycles. The molecule has 1 heterocycles. The molecule has 0 spiro atoms. The minimum Gasteiger partial charge on any atom is -0.339 e. The molecule has 0 fully saturated rings. The Bertz CT molecular complexity index is 585. The van der Waals surface area contributed by atoms with E-state index in [4.69, 9.17) is 0 Å². The number of benzene rings is 1. The molecular weight excluding hydrogens is 314 g/mol. The number of rotatable bonds is 7. The average Bonchev–Trinajstić information content (AvgIpc) is 3.08. The van der Waals surface area contributed by atoms with E-state index in [-0.39, 0.29) is 24.4 Å². The van der Waals surface area contributed by atoms with E-state index in [1.165, 1.54) is 6.33 Å². The van der Waals surface area contributed by atoms with Crippen LogP contribution in [0.15, 0.2) is 36.9 Å². The molecule has 0 bridgehead atoms. The van der Waals surface area contributed by atoms with Crippen molar-refractivity contribution >= 4 is 18.3 Å². The van der Waals surface area contributed by atoms with Crippen LogP contribution >= 0.6 is 12.4 Å². The summed E-state index contributed by atoms with van der Waals surface area (Å²) < 4.78 is 1.71. The lowest BCUT2D eigenvalue weighted by atomic mass is 10.1. The van der Waals surface area contributed by atoms with Crippen LogP contribution in [0.4, 0.5) is 0 Å². The molecule has 1 amide bonds. The molecule has 0 saturated carbocycles. The van der Waals surface area contributed by atoms with Gasteiger partial charge in [-0.2, -0.15) is 5.10 Å². The fourth-order valence-corrected chi connectivity index (χ4v) is 2.28. The number of hydrogen-bond acceptors (Lipinski definition) is 4. The van der Waals surface area contributed by atoms with Crippen molar-refractivity contribution in [3.63, 3.8) is 0 Å². The molecule has 0 aliphatic heterocycles. The lowest BCUT2D eigenvalue weighted by Crippen LogP contribution is -2.30. The lowest BCUT2D eigenvalue weighted by molar-refractivity contribution is -0.131. The summed E-state index contributed by atoms with van der Waals surface area (Å²) in [5.74, 6) is 0.170. The zero-order valence-electron chi connectivity index (χ0n) is 13.8. The molecule has 7 heteroatoms. The second-order valence-corrected chi connectivity index (χ2v) is 5.32. The topological polar surface area (TPSA) is 63.1 Å². The summed E-state index contributed by atoms with van der Waals surface area (Å²) in [4.78, 5) is 17.9. The third-order valence-corrected chi connectivity index (χ3v) is 3.85. The standard InChI is InChI=1S/C16H23N5O.ClH/c1-13(20(3)16(22)5-4-10-17-2)14-6-8-15(9-7-14)21-12-18-11-19-21;/h6-9,11-13,17H,4-5,10H2,1-3H3;1H. The Labute approximate surface area is 143 Å². The quantitative estimate of drug-likeness (QED) is 0.787. The second-order valence-electron chi connectivity index (χ2n) is 5.32. The number of halogens is 1. The number of amides is 1. The molecule has 0 radical (unpaired) electrons. The van der Waals surface area contributed by atoms with Crippen molar-refractivity contribution in [2.75, 3.05) is 20.6 Å². The maximum atomic E-state index is 12.2. The summed E-state index contributed by atoms with van der Waals surface area (Å²) in [7, 11) is 3.76. The Kier molecular flexibility index (Phi) is 7.71. The van der Waals surface area contributed by atoms with Crippen LogP contribution in [-0.4, -0.2) is 46.2 Å². The van der Waals surface area contributed by atoms with Gasteiger partial charge in [-0.1, -0.05) is 12.1 Å². The van der Waals surface area contributed by atoms with Crippen LogP contribution in [0.5, 0.6) is 0 Å². The minimum atomic E-state index is 0. The fraction of sp³-hybridized carbons (Fsp3) is 0.438. The predicted molar refractivity (Wildman–Crippen MR) is 93.0 cm³/mol. The molecule has 2 rings (SSSR count). The highest BCUT2D eigenvalue weighted by Crippen LogP contribution is 2.21. The summed E-state index contributed by atoms with van der Waals surface area (Å²) in [6, 6.07) is 8.07. The van der Waals surface area contributed by atoms with Crippen LogP contribution in [0.1, 0.15) is 31.4 Å². The van der Waals surface area contributed by atoms with Crippen molar-refractivity contribution in [3.05, 3.63) is 42.5 Å². The van der Waals surface area contributed by atoms with Gasteiger partial charge in [-0.3, -0.25) is 4.79 Å². The van der Waals surface area contributed by atoms with Crippen LogP contribution in [-0.2, 0) is 4.79 Å². The largest absolute Gasteiger partial charge is 0.339 e. The Balaban J connectivity index is 0.00000264. The predicted octanol–water partition coefficient (Wildman–Crippen LogP) is 2.21. The molecule has 1 aromatic carbocycles. The number of nitrogens with one attached hydrogen (secondary N) is 1. The molecule has 0 saturated heterocycles. The highest BCUT2D eigenvalue weighted by molar-refractivity contribution is 5.85. The molecule has 23 heavy (non-hydrogen) atoms. The van der Waals surface area contributed by atoms with E-state index in [0.717, 1.165) is 24.2 Å². The first-order chi connectivity index (χ1) is 10.6. The Morgan fingerprint density at radius 2 is 2.04 bits per heavy atom. The van der Waals surface area contributed by atoms with Crippen LogP contribution < -0.4 is 5.32 Å². The molecule has 126 valence electrons. The Morgan fingerprint density at radius 1 is 1.35 bits per heavy atom. The van der Waals surface area contributed by atoms with Crippen molar-refractivity contribution in [1.82, 2.24) is 25.0 Å². The average molecular weight is 338 g/mol. The van der Waals surface area contributed by atoms with E-state index < -0.39 is 0 Å². The number of nitrogens with zero attached hydrogens (tertiary/aromatic N) is 4. The fourth-order valence-electron chi connectivity index (χ4n) is 2.28. The van der Waals surface area contributed by atoms with Crippen molar-refractivity contribution in [1.29, 1.82) is 0 Å². The zero-order valence-corrected chi connectivity index (χ0v) is 14.6. The summed E-state index contributed by atoms with van der Waals surface area (Å²) in [6.45, 7) is 2.90. The van der Waals surface area contributed by atoms with Crippen LogP contribution in [0.3, 0.4) is 0 Å². The first-order valence-electron chi connectivity index (χ1n) is 7.48. The van der Waals surface area contributed by atoms with Crippen LogP contribution in [0.25, 0.3) is 5.69 Å². The Morgan fingerprint density at radius 3 is 2.61 bits per heavy atom. The van der Waals surface area contributed by atoms with Gasteiger partial charge in [-0.15, -0.1) is 12.4 Å². The van der Waals surface area contributed by atoms with Crippen LogP contribution in [0.2, 0.25) is 0 Å². The van der Waals surface area contributed by atoms with Crippen molar-refractivity contribution in [3.8, 4) is 5.69 Å². The first-order valence-corrected chi connectivity index (χ1v) is 7.48. The van der Waals surface area contributed by atoms with E-state index in [1.54, 1.807) is 15.9 Å². The SMILES string of the molecule is CNCCCC(=O)N(C)C(C)c1ccc(-n2cncn2)cc1.Cl. The molecule has 2 aromatic rings. The summed E-state index contributed by atoms with van der Waals surface area (Å²) in [5, 5.41) is 7.16. The summed E-state index contributed by atoms with van der Waals surface area (Å²) in [5.41, 5.74) is 2.06. The van der Waals surface area contributed by atoms with Gasteiger partial charge in [0.25, 0.3) is 0 Å². The normalized spacial score (nSPS) is 11.6. The van der Waals surface area contributed by atoms with Gasteiger partial charge in [-0.25, -0.2) is 9.67 Å². The van der Waals surface area contributed by atoms with E-state index in [9.17, 15) is 4.79 Å². The Hall–Kier alpha value is -1.92. The van der Waals surface area contributed by atoms with Gasteiger partial charge >= 0.3 is 0 Å². The maximum Gasteiger partial charge on any atom is 0.222 e. The van der Waals surface area contributed by atoms with Gasteiger partial charge in [0.2, 0.25) is 5.91 Å². The van der Waals surface area contributed by atoms with Gasteiger partial charge in [0.15, 0.2) is 0 Å². The van der Waals surface area contributed by atoms with Gasteiger partial charge in [0.1, 0.15) is 12.7 Å². The van der Waals surface area contributed by atoms with Crippen LogP contribution in [0, 0.1) is 0 Å². The molecule has 1 atom stereocenters.